The molecule has 0 aliphatic carbocycles. The van der Waals surface area contributed by atoms with Crippen LogP contribution in [-0.4, -0.2) is 21.3 Å². The summed E-state index contributed by atoms with van der Waals surface area (Å²) in [7, 11) is -4.02. The Morgan fingerprint density at radius 2 is 2.17 bits per heavy atom. The third-order valence-electron chi connectivity index (χ3n) is 0.642. The average molecular weight is 302 g/mol. The maximum absolute atomic E-state index is 10.9. The number of phosphoric ester groups is 1. The van der Waals surface area contributed by atoms with E-state index >= 15 is 0 Å². The van der Waals surface area contributed by atoms with E-state index < -0.39 is 17.7 Å². The van der Waals surface area contributed by atoms with E-state index in [2.05, 4.69) is 25.0 Å². The Bertz CT molecular complexity index is 176. The van der Waals surface area contributed by atoms with E-state index in [-0.39, 0.29) is 6.61 Å². The maximum Gasteiger partial charge on any atom is 0.473 e. The fourth-order valence-corrected chi connectivity index (χ4v) is 2.07. The molecule has 0 fully saturated rings. The molecule has 0 bridgehead atoms. The molecule has 1 N–H and O–H groups in total. The van der Waals surface area contributed by atoms with Gasteiger partial charge in [0.15, 0.2) is 0 Å². The summed E-state index contributed by atoms with van der Waals surface area (Å²) < 4.78 is 19.8. The zero-order valence-corrected chi connectivity index (χ0v) is 10.1. The van der Waals surface area contributed by atoms with Crippen molar-refractivity contribution in [3.05, 3.63) is 0 Å². The predicted octanol–water partition coefficient (Wildman–Crippen LogP) is 2.66. The van der Waals surface area contributed by atoms with Crippen molar-refractivity contribution in [2.75, 3.05) is 6.61 Å². The number of halogens is 3. The van der Waals surface area contributed by atoms with E-state index in [0.717, 1.165) is 0 Å². The molecule has 0 aliphatic heterocycles. The first-order chi connectivity index (χ1) is 5.33. The molecule has 0 aromatic heterocycles. The lowest BCUT2D eigenvalue weighted by Gasteiger charge is -2.13. The number of phosphoric acid groups is 1. The van der Waals surface area contributed by atoms with Crippen molar-refractivity contribution in [2.24, 2.45) is 0 Å². The molecular weight excluding hydrogens is 294 g/mol. The Balaban J connectivity index is 3.80. The molecule has 0 rings (SSSR count). The van der Waals surface area contributed by atoms with Crippen molar-refractivity contribution in [1.29, 1.82) is 0 Å². The van der Waals surface area contributed by atoms with Crippen LogP contribution in [0.3, 0.4) is 0 Å². The van der Waals surface area contributed by atoms with Crippen LogP contribution >= 0.6 is 47.0 Å². The van der Waals surface area contributed by atoms with Gasteiger partial charge in [-0.05, 0) is 6.92 Å². The summed E-state index contributed by atoms with van der Waals surface area (Å²) in [5.74, 6) is 0. The third-order valence-corrected chi connectivity index (χ3v) is 2.43. The van der Waals surface area contributed by atoms with Gasteiger partial charge in [-0.15, -0.1) is 23.2 Å². The van der Waals surface area contributed by atoms with Gasteiger partial charge < -0.3 is 4.89 Å². The fraction of sp³-hybridized carbons (Fsp3) is 1.00. The van der Waals surface area contributed by atoms with E-state index in [4.69, 9.17) is 28.1 Å². The van der Waals surface area contributed by atoms with Crippen LogP contribution in [0.25, 0.3) is 0 Å². The number of alkyl halides is 3. The van der Waals surface area contributed by atoms with Crippen molar-refractivity contribution in [3.63, 3.8) is 0 Å². The fourth-order valence-electron chi connectivity index (χ4n) is 0.365. The monoisotopic (exact) mass is 300 g/mol. The summed E-state index contributed by atoms with van der Waals surface area (Å²) in [4.78, 5) is 8.05. The highest BCUT2D eigenvalue weighted by Gasteiger charge is 2.24. The smallest absolute Gasteiger partial charge is 0.302 e. The molecule has 0 radical (unpaired) electrons. The second-order valence-electron chi connectivity index (χ2n) is 1.80. The number of hydrogen-bond acceptors (Lipinski definition) is 3. The van der Waals surface area contributed by atoms with E-state index in [1.165, 1.54) is 6.92 Å². The van der Waals surface area contributed by atoms with Crippen LogP contribution in [-0.2, 0) is 13.6 Å². The van der Waals surface area contributed by atoms with Crippen LogP contribution in [0.2, 0.25) is 0 Å². The standard InChI is InChI=1S/C4H8BrCl2O4P/c1-3(5)11-12(8,9)10-2-4(6)7/h3-4H,2H2,1H3,(H,8,9). The van der Waals surface area contributed by atoms with Gasteiger partial charge >= 0.3 is 7.82 Å². The molecule has 12 heavy (non-hydrogen) atoms. The van der Waals surface area contributed by atoms with Gasteiger partial charge in [-0.2, -0.15) is 0 Å². The van der Waals surface area contributed by atoms with Crippen LogP contribution in [0, 0.1) is 0 Å². The summed E-state index contributed by atoms with van der Waals surface area (Å²) in [5.41, 5.74) is 0. The minimum absolute atomic E-state index is 0.253. The van der Waals surface area contributed by atoms with Crippen LogP contribution in [0.1, 0.15) is 6.92 Å². The predicted molar refractivity (Wildman–Crippen MR) is 50.7 cm³/mol. The van der Waals surface area contributed by atoms with Crippen LogP contribution in [0.5, 0.6) is 0 Å². The van der Waals surface area contributed by atoms with Crippen LogP contribution < -0.4 is 0 Å². The van der Waals surface area contributed by atoms with Gasteiger partial charge in [0.2, 0.25) is 0 Å². The lowest BCUT2D eigenvalue weighted by atomic mass is 10.9. The largest absolute Gasteiger partial charge is 0.473 e. The molecule has 8 heteroatoms. The second-order valence-corrected chi connectivity index (χ2v) is 5.78. The zero-order chi connectivity index (χ0) is 9.78. The Hall–Kier alpha value is 1.17. The lowest BCUT2D eigenvalue weighted by molar-refractivity contribution is 0.151. The van der Waals surface area contributed by atoms with Gasteiger partial charge in [0, 0.05) is 0 Å². The van der Waals surface area contributed by atoms with E-state index in [1.54, 1.807) is 0 Å². The Morgan fingerprint density at radius 1 is 1.67 bits per heavy atom. The maximum atomic E-state index is 10.9. The minimum atomic E-state index is -4.02. The molecule has 74 valence electrons. The quantitative estimate of drug-likeness (QED) is 0.626. The van der Waals surface area contributed by atoms with Crippen molar-refractivity contribution in [1.82, 2.24) is 0 Å². The summed E-state index contributed by atoms with van der Waals surface area (Å²) in [5, 5.41) is -0.572. The highest BCUT2D eigenvalue weighted by atomic mass is 79.9. The van der Waals surface area contributed by atoms with Gasteiger partial charge in [0.25, 0.3) is 0 Å². The van der Waals surface area contributed by atoms with Crippen LogP contribution in [0.15, 0.2) is 0 Å². The molecule has 2 atom stereocenters. The molecule has 0 aliphatic rings. The molecule has 2 unspecified atom stereocenters. The molecule has 0 aromatic rings. The van der Waals surface area contributed by atoms with E-state index in [9.17, 15) is 4.57 Å². The molecule has 0 heterocycles. The summed E-state index contributed by atoms with van der Waals surface area (Å²) in [6.45, 7) is 1.28. The van der Waals surface area contributed by atoms with E-state index in [0.29, 0.717) is 0 Å². The summed E-state index contributed by atoms with van der Waals surface area (Å²) >= 11 is 13.4. The average Bonchev–Trinajstić information content (AvgIpc) is 1.81. The first kappa shape index (κ1) is 13.2. The molecule has 0 spiro atoms. The lowest BCUT2D eigenvalue weighted by Crippen LogP contribution is -2.04. The van der Waals surface area contributed by atoms with Gasteiger partial charge in [-0.25, -0.2) is 4.57 Å². The number of rotatable bonds is 5. The minimum Gasteiger partial charge on any atom is -0.302 e. The number of hydrogen-bond donors (Lipinski definition) is 1. The summed E-state index contributed by atoms with van der Waals surface area (Å²) in [6.07, 6.45) is 0. The first-order valence-electron chi connectivity index (χ1n) is 2.91. The first-order valence-corrected chi connectivity index (χ1v) is 6.20. The molecule has 4 nitrogen and oxygen atoms in total. The van der Waals surface area contributed by atoms with Crippen molar-refractivity contribution in [2.45, 2.75) is 16.8 Å². The van der Waals surface area contributed by atoms with Crippen molar-refractivity contribution < 1.29 is 18.5 Å². The SMILES string of the molecule is CC(Br)OP(=O)(O)OCC(Cl)Cl. The van der Waals surface area contributed by atoms with Gasteiger partial charge in [0.1, 0.15) is 9.85 Å². The highest BCUT2D eigenvalue weighted by Crippen LogP contribution is 2.45. The second kappa shape index (κ2) is 5.81. The van der Waals surface area contributed by atoms with Gasteiger partial charge in [0.05, 0.1) is 6.61 Å². The molecule has 0 saturated heterocycles. The third kappa shape index (κ3) is 7.80. The van der Waals surface area contributed by atoms with Crippen molar-refractivity contribution >= 4 is 47.0 Å². The zero-order valence-electron chi connectivity index (χ0n) is 6.11. The highest BCUT2D eigenvalue weighted by molar-refractivity contribution is 9.09. The Morgan fingerprint density at radius 3 is 2.50 bits per heavy atom. The normalized spacial score (nSPS) is 19.2. The van der Waals surface area contributed by atoms with Gasteiger partial charge in [-0.3, -0.25) is 9.05 Å². The van der Waals surface area contributed by atoms with Gasteiger partial charge in [-0.1, -0.05) is 15.9 Å². The Labute approximate surface area is 88.9 Å². The van der Waals surface area contributed by atoms with Crippen molar-refractivity contribution in [3.8, 4) is 0 Å². The molecule has 0 aromatic carbocycles. The summed E-state index contributed by atoms with van der Waals surface area (Å²) in [6, 6.07) is 0. The Kier molecular flexibility index (Phi) is 6.37. The topological polar surface area (TPSA) is 55.8 Å². The van der Waals surface area contributed by atoms with E-state index in [1.807, 2.05) is 0 Å². The molecular formula is C4H8BrCl2O4P. The van der Waals surface area contributed by atoms with Crippen LogP contribution in [0.4, 0.5) is 0 Å². The molecule has 0 amide bonds. The molecule has 0 saturated carbocycles.